The van der Waals surface area contributed by atoms with Crippen LogP contribution in [0.3, 0.4) is 0 Å². The molecule has 2 N–H and O–H groups in total. The van der Waals surface area contributed by atoms with E-state index in [0.29, 0.717) is 5.69 Å². The molecule has 1 aromatic carbocycles. The highest BCUT2D eigenvalue weighted by Crippen LogP contribution is 2.33. The van der Waals surface area contributed by atoms with Crippen molar-refractivity contribution in [3.63, 3.8) is 0 Å². The minimum Gasteiger partial charge on any atom is -0.332 e. The third-order valence-electron chi connectivity index (χ3n) is 3.96. The zero-order valence-corrected chi connectivity index (χ0v) is 17.2. The van der Waals surface area contributed by atoms with Gasteiger partial charge >= 0.3 is 12.4 Å². The number of hydrogen-bond acceptors (Lipinski definition) is 6. The first kappa shape index (κ1) is 24.7. The molecule has 0 aliphatic carbocycles. The normalized spacial score (nSPS) is 14.5. The summed E-state index contributed by atoms with van der Waals surface area (Å²) in [6, 6.07) is 5.52. The molecular formula is C17H15F6N3O3S2. The van der Waals surface area contributed by atoms with E-state index in [9.17, 15) is 39.6 Å². The quantitative estimate of drug-likeness (QED) is 0.441. The standard InChI is InChI=1S/C17H15F6N3O3S2/c1-3-13(17(21,22)23)31(28,29)26-14(27)9(2)10-4-6-11(7-5-10)24-15-25-12(8-30-15)16(18,19)20/h3-9,13H,1H2,2H3,(H,24,25)(H,26,27). The second-order valence-corrected chi connectivity index (χ2v) is 8.87. The molecule has 2 atom stereocenters. The molecule has 0 radical (unpaired) electrons. The molecule has 1 aromatic heterocycles. The van der Waals surface area contributed by atoms with Crippen LogP contribution < -0.4 is 10.0 Å². The number of halogens is 6. The van der Waals surface area contributed by atoms with Gasteiger partial charge < -0.3 is 5.32 Å². The fourth-order valence-electron chi connectivity index (χ4n) is 2.32. The van der Waals surface area contributed by atoms with Gasteiger partial charge in [0.15, 0.2) is 16.1 Å². The predicted molar refractivity (Wildman–Crippen MR) is 102 cm³/mol. The Balaban J connectivity index is 2.09. The number of nitrogens with one attached hydrogen (secondary N) is 2. The van der Waals surface area contributed by atoms with Crippen molar-refractivity contribution in [2.24, 2.45) is 0 Å². The zero-order chi connectivity index (χ0) is 23.6. The van der Waals surface area contributed by atoms with Gasteiger partial charge in [0.05, 0.1) is 5.92 Å². The molecule has 0 aliphatic heterocycles. The topological polar surface area (TPSA) is 88.2 Å². The molecule has 0 spiro atoms. The van der Waals surface area contributed by atoms with Gasteiger partial charge in [-0.1, -0.05) is 18.2 Å². The molecule has 6 nitrogen and oxygen atoms in total. The molecule has 1 amide bonds. The van der Waals surface area contributed by atoms with E-state index in [1.165, 1.54) is 35.9 Å². The molecule has 0 saturated heterocycles. The molecule has 0 bridgehead atoms. The van der Waals surface area contributed by atoms with Crippen molar-refractivity contribution in [3.05, 3.63) is 53.6 Å². The summed E-state index contributed by atoms with van der Waals surface area (Å²) in [6.07, 6.45) is -9.56. The minimum absolute atomic E-state index is 0.0282. The molecule has 0 fully saturated rings. The van der Waals surface area contributed by atoms with E-state index in [-0.39, 0.29) is 16.8 Å². The third-order valence-corrected chi connectivity index (χ3v) is 6.34. The number of rotatable bonds is 7. The molecule has 2 aromatic rings. The smallest absolute Gasteiger partial charge is 0.332 e. The van der Waals surface area contributed by atoms with Crippen molar-refractivity contribution in [2.75, 3.05) is 5.32 Å². The lowest BCUT2D eigenvalue weighted by Crippen LogP contribution is -2.45. The van der Waals surface area contributed by atoms with E-state index in [0.717, 1.165) is 16.7 Å². The lowest BCUT2D eigenvalue weighted by molar-refractivity contribution is -0.140. The van der Waals surface area contributed by atoms with Gasteiger partial charge in [0, 0.05) is 11.1 Å². The first-order valence-corrected chi connectivity index (χ1v) is 10.7. The highest BCUT2D eigenvalue weighted by Gasteiger charge is 2.47. The van der Waals surface area contributed by atoms with E-state index in [1.807, 2.05) is 0 Å². The van der Waals surface area contributed by atoms with Crippen molar-refractivity contribution in [3.8, 4) is 0 Å². The summed E-state index contributed by atoms with van der Waals surface area (Å²) in [5.41, 5.74) is -0.466. The maximum absolute atomic E-state index is 12.8. The summed E-state index contributed by atoms with van der Waals surface area (Å²) in [7, 11) is -5.09. The largest absolute Gasteiger partial charge is 0.434 e. The average Bonchev–Trinajstić information content (AvgIpc) is 3.09. The molecule has 0 saturated carbocycles. The number of carbonyl (C=O) groups excluding carboxylic acids is 1. The van der Waals surface area contributed by atoms with E-state index < -0.39 is 45.1 Å². The van der Waals surface area contributed by atoms with E-state index in [2.05, 4.69) is 16.9 Å². The number of benzene rings is 1. The summed E-state index contributed by atoms with van der Waals surface area (Å²) in [5.74, 6) is -2.33. The molecule has 2 unspecified atom stereocenters. The Morgan fingerprint density at radius 3 is 2.19 bits per heavy atom. The van der Waals surface area contributed by atoms with Crippen LogP contribution in [-0.2, 0) is 21.0 Å². The Morgan fingerprint density at radius 2 is 1.74 bits per heavy atom. The number of sulfonamides is 1. The van der Waals surface area contributed by atoms with Crippen molar-refractivity contribution in [1.82, 2.24) is 9.71 Å². The SMILES string of the molecule is C=CC(C(F)(F)F)S(=O)(=O)NC(=O)C(C)c1ccc(Nc2nc(C(F)(F)F)cs2)cc1. The Hall–Kier alpha value is -2.61. The number of thiazole rings is 1. The molecule has 2 rings (SSSR count). The van der Waals surface area contributed by atoms with Crippen LogP contribution in [0.2, 0.25) is 0 Å². The van der Waals surface area contributed by atoms with Crippen molar-refractivity contribution < 1.29 is 39.6 Å². The first-order chi connectivity index (χ1) is 14.1. The molecule has 170 valence electrons. The predicted octanol–water partition coefficient (Wildman–Crippen LogP) is 4.57. The van der Waals surface area contributed by atoms with Gasteiger partial charge in [-0.2, -0.15) is 26.3 Å². The first-order valence-electron chi connectivity index (χ1n) is 8.29. The maximum Gasteiger partial charge on any atom is 0.434 e. The van der Waals surface area contributed by atoms with Crippen LogP contribution in [-0.4, -0.2) is 30.7 Å². The fourth-order valence-corrected chi connectivity index (χ4v) is 4.25. The van der Waals surface area contributed by atoms with E-state index in [1.54, 1.807) is 0 Å². The second kappa shape index (κ2) is 8.86. The van der Waals surface area contributed by atoms with Gasteiger partial charge in [-0.25, -0.2) is 13.4 Å². The molecule has 1 heterocycles. The monoisotopic (exact) mass is 487 g/mol. The van der Waals surface area contributed by atoms with Crippen molar-refractivity contribution in [2.45, 2.75) is 30.4 Å². The highest BCUT2D eigenvalue weighted by molar-refractivity contribution is 7.90. The number of amides is 1. The lowest BCUT2D eigenvalue weighted by atomic mass is 10.0. The Kier molecular flexibility index (Phi) is 7.05. The van der Waals surface area contributed by atoms with E-state index in [4.69, 9.17) is 0 Å². The van der Waals surface area contributed by atoms with Crippen LogP contribution in [0.4, 0.5) is 37.2 Å². The highest BCUT2D eigenvalue weighted by atomic mass is 32.2. The molecule has 14 heteroatoms. The number of carbonyl (C=O) groups is 1. The lowest BCUT2D eigenvalue weighted by Gasteiger charge is -2.19. The fraction of sp³-hybridized carbons (Fsp3) is 0.294. The van der Waals surface area contributed by atoms with Gasteiger partial charge in [-0.15, -0.1) is 17.9 Å². The summed E-state index contributed by atoms with van der Waals surface area (Å²) in [6.45, 7) is 4.12. The number of anilines is 2. The average molecular weight is 487 g/mol. The van der Waals surface area contributed by atoms with Crippen LogP contribution in [0.15, 0.2) is 42.3 Å². The van der Waals surface area contributed by atoms with Gasteiger partial charge in [0.1, 0.15) is 0 Å². The van der Waals surface area contributed by atoms with Gasteiger partial charge in [0.2, 0.25) is 15.9 Å². The zero-order valence-electron chi connectivity index (χ0n) is 15.6. The third kappa shape index (κ3) is 6.19. The van der Waals surface area contributed by atoms with E-state index >= 15 is 0 Å². The molecule has 31 heavy (non-hydrogen) atoms. The summed E-state index contributed by atoms with van der Waals surface area (Å²) < 4.78 is 101. The van der Waals surface area contributed by atoms with Crippen molar-refractivity contribution in [1.29, 1.82) is 0 Å². The Labute approximate surface area is 177 Å². The molecule has 0 aliphatic rings. The van der Waals surface area contributed by atoms with Crippen LogP contribution in [0.5, 0.6) is 0 Å². The number of hydrogen-bond donors (Lipinski definition) is 2. The number of nitrogens with zero attached hydrogens (tertiary/aromatic N) is 1. The summed E-state index contributed by atoms with van der Waals surface area (Å²) in [5, 5.41) is 0.494. The number of aromatic nitrogens is 1. The second-order valence-electron chi connectivity index (χ2n) is 6.21. The van der Waals surface area contributed by atoms with Gasteiger partial charge in [0.25, 0.3) is 0 Å². The minimum atomic E-state index is -5.15. The van der Waals surface area contributed by atoms with Gasteiger partial charge in [-0.05, 0) is 24.6 Å². The summed E-state index contributed by atoms with van der Waals surface area (Å²) in [4.78, 5) is 15.6. The Morgan fingerprint density at radius 1 is 1.16 bits per heavy atom. The van der Waals surface area contributed by atoms with Crippen LogP contribution in [0, 0.1) is 0 Å². The molecular weight excluding hydrogens is 472 g/mol. The van der Waals surface area contributed by atoms with Crippen LogP contribution in [0.25, 0.3) is 0 Å². The van der Waals surface area contributed by atoms with Crippen LogP contribution >= 0.6 is 11.3 Å². The Bertz CT molecular complexity index is 1050. The number of alkyl halides is 6. The van der Waals surface area contributed by atoms with Crippen molar-refractivity contribution >= 4 is 38.1 Å². The summed E-state index contributed by atoms with van der Waals surface area (Å²) >= 11 is 0.727. The van der Waals surface area contributed by atoms with Crippen LogP contribution in [0.1, 0.15) is 24.1 Å². The maximum atomic E-state index is 12.8. The van der Waals surface area contributed by atoms with Gasteiger partial charge in [-0.3, -0.25) is 9.52 Å².